The fourth-order valence-electron chi connectivity index (χ4n) is 3.11. The van der Waals surface area contributed by atoms with E-state index in [0.717, 1.165) is 4.90 Å². The smallest absolute Gasteiger partial charge is 0.271 e. The van der Waals surface area contributed by atoms with E-state index in [0.29, 0.717) is 45.7 Å². The monoisotopic (exact) mass is 444 g/mol. The summed E-state index contributed by atoms with van der Waals surface area (Å²) in [5.74, 6) is -0.217. The van der Waals surface area contributed by atoms with Crippen LogP contribution in [0.25, 0.3) is 17.4 Å². The van der Waals surface area contributed by atoms with Gasteiger partial charge in [0, 0.05) is 31.4 Å². The largest absolute Gasteiger partial charge is 0.457 e. The Morgan fingerprint density at radius 1 is 1.20 bits per heavy atom. The van der Waals surface area contributed by atoms with E-state index in [1.807, 2.05) is 6.07 Å². The lowest BCUT2D eigenvalue weighted by molar-refractivity contribution is -0.140. The topological polar surface area (TPSA) is 83.5 Å². The van der Waals surface area contributed by atoms with Crippen molar-refractivity contribution in [2.45, 2.75) is 13.3 Å². The zero-order chi connectivity index (χ0) is 21.8. The molecule has 6 nitrogen and oxygen atoms in total. The highest BCUT2D eigenvalue weighted by Crippen LogP contribution is 2.35. The number of carbonyl (C=O) groups excluding carboxylic acids is 2. The lowest BCUT2D eigenvalue weighted by Gasteiger charge is -2.27. The van der Waals surface area contributed by atoms with Crippen molar-refractivity contribution in [3.63, 3.8) is 0 Å². The maximum Gasteiger partial charge on any atom is 0.271 e. The molecule has 8 heteroatoms. The molecule has 1 aliphatic rings. The summed E-state index contributed by atoms with van der Waals surface area (Å²) in [6, 6.07) is 10.5. The molecule has 0 saturated heterocycles. The van der Waals surface area contributed by atoms with E-state index in [1.165, 1.54) is 13.2 Å². The van der Waals surface area contributed by atoms with E-state index in [-0.39, 0.29) is 17.7 Å². The van der Waals surface area contributed by atoms with Crippen LogP contribution in [-0.4, -0.2) is 37.0 Å². The Bertz CT molecular complexity index is 1110. The molecule has 1 aromatic carbocycles. The van der Waals surface area contributed by atoms with Crippen molar-refractivity contribution >= 4 is 41.1 Å². The van der Waals surface area contributed by atoms with Gasteiger partial charge in [0.15, 0.2) is 0 Å². The van der Waals surface area contributed by atoms with Crippen LogP contribution < -0.4 is 0 Å². The first-order chi connectivity index (χ1) is 14.4. The van der Waals surface area contributed by atoms with Gasteiger partial charge >= 0.3 is 0 Å². The van der Waals surface area contributed by atoms with Crippen LogP contribution in [0, 0.1) is 11.3 Å². The van der Waals surface area contributed by atoms with Gasteiger partial charge in [0.25, 0.3) is 11.8 Å². The van der Waals surface area contributed by atoms with Crippen LogP contribution in [-0.2, 0) is 14.3 Å². The number of hydrogen-bond donors (Lipinski definition) is 0. The molecule has 0 aliphatic carbocycles. The number of rotatable bonds is 6. The van der Waals surface area contributed by atoms with Gasteiger partial charge in [-0.05, 0) is 49.3 Å². The second-order valence-corrected chi connectivity index (χ2v) is 7.37. The van der Waals surface area contributed by atoms with Gasteiger partial charge in [0.2, 0.25) is 0 Å². The molecule has 2 amide bonds. The Labute approximate surface area is 183 Å². The maximum absolute atomic E-state index is 13.0. The fourth-order valence-corrected chi connectivity index (χ4v) is 3.50. The van der Waals surface area contributed by atoms with E-state index in [4.69, 9.17) is 32.4 Å². The van der Waals surface area contributed by atoms with Crippen molar-refractivity contribution in [2.75, 3.05) is 20.3 Å². The first kappa shape index (κ1) is 21.8. The van der Waals surface area contributed by atoms with Crippen LogP contribution in [0.4, 0.5) is 0 Å². The number of nitriles is 1. The zero-order valence-electron chi connectivity index (χ0n) is 16.4. The first-order valence-corrected chi connectivity index (χ1v) is 9.87. The summed E-state index contributed by atoms with van der Waals surface area (Å²) in [6.07, 6.45) is 1.99. The number of methoxy groups -OCH3 is 1. The van der Waals surface area contributed by atoms with E-state index >= 15 is 0 Å². The minimum absolute atomic E-state index is 0.0667. The van der Waals surface area contributed by atoms with Crippen molar-refractivity contribution in [3.05, 3.63) is 62.9 Å². The van der Waals surface area contributed by atoms with Crippen LogP contribution in [0.5, 0.6) is 0 Å². The summed E-state index contributed by atoms with van der Waals surface area (Å²) in [5.41, 5.74) is 1.09. The van der Waals surface area contributed by atoms with Gasteiger partial charge in [-0.15, -0.1) is 0 Å². The van der Waals surface area contributed by atoms with Crippen LogP contribution in [0.3, 0.4) is 0 Å². The Kier molecular flexibility index (Phi) is 6.78. The number of ether oxygens (including phenoxy) is 1. The minimum atomic E-state index is -0.598. The lowest BCUT2D eigenvalue weighted by atomic mass is 9.94. The van der Waals surface area contributed by atoms with Gasteiger partial charge in [-0.3, -0.25) is 14.5 Å². The van der Waals surface area contributed by atoms with Crippen molar-refractivity contribution in [1.82, 2.24) is 4.90 Å². The average Bonchev–Trinajstić information content (AvgIpc) is 3.19. The average molecular weight is 445 g/mol. The quantitative estimate of drug-likeness (QED) is 0.360. The normalized spacial score (nSPS) is 15.8. The molecule has 1 aromatic heterocycles. The van der Waals surface area contributed by atoms with Gasteiger partial charge in [0.05, 0.1) is 10.0 Å². The van der Waals surface area contributed by atoms with Gasteiger partial charge in [-0.25, -0.2) is 0 Å². The Hall–Kier alpha value is -2.85. The molecule has 0 fully saturated rings. The van der Waals surface area contributed by atoms with Crippen molar-refractivity contribution in [2.24, 2.45) is 0 Å². The highest BCUT2D eigenvalue weighted by atomic mass is 35.5. The molecule has 0 saturated carbocycles. The summed E-state index contributed by atoms with van der Waals surface area (Å²) in [5, 5.41) is 10.2. The molecule has 0 bridgehead atoms. The molecule has 0 spiro atoms. The molecule has 0 atom stereocenters. The molecule has 2 heterocycles. The number of furan rings is 1. The first-order valence-electron chi connectivity index (χ1n) is 9.11. The van der Waals surface area contributed by atoms with Gasteiger partial charge in [-0.2, -0.15) is 5.26 Å². The van der Waals surface area contributed by atoms with E-state index in [1.54, 1.807) is 37.3 Å². The molecule has 2 aromatic rings. The minimum Gasteiger partial charge on any atom is -0.457 e. The molecular weight excluding hydrogens is 427 g/mol. The zero-order valence-corrected chi connectivity index (χ0v) is 17.9. The molecule has 0 radical (unpaired) electrons. The third-order valence-electron chi connectivity index (χ3n) is 4.69. The van der Waals surface area contributed by atoms with E-state index in [9.17, 15) is 14.9 Å². The third-order valence-corrected chi connectivity index (χ3v) is 5.50. The molecule has 1 aliphatic heterocycles. The standard InChI is InChI=1S/C22H18Cl2N2O4/c1-13-16(21(27)26(9-4-10-29-2)22(28)17(13)12-25)11-14-7-8-19(30-14)15-5-3-6-18(23)20(15)24/h3,5-8,11H,4,9-10H2,1-2H3/b16-11+. The molecule has 0 unspecified atom stereocenters. The van der Waals surface area contributed by atoms with Gasteiger partial charge < -0.3 is 9.15 Å². The summed E-state index contributed by atoms with van der Waals surface area (Å²) in [4.78, 5) is 26.6. The number of imide groups is 1. The van der Waals surface area contributed by atoms with Gasteiger partial charge in [-0.1, -0.05) is 29.3 Å². The SMILES string of the molecule is COCCCN1C(=O)C(C#N)=C(C)/C(=C\c2ccc(-c3cccc(Cl)c3Cl)o2)C1=O. The van der Waals surface area contributed by atoms with Gasteiger partial charge in [0.1, 0.15) is 23.2 Å². The molecular formula is C22H18Cl2N2O4. The summed E-state index contributed by atoms with van der Waals surface area (Å²) in [6.45, 7) is 2.12. The summed E-state index contributed by atoms with van der Waals surface area (Å²) in [7, 11) is 1.54. The molecule has 30 heavy (non-hydrogen) atoms. The van der Waals surface area contributed by atoms with Crippen LogP contribution in [0.15, 0.2) is 51.5 Å². The number of halogens is 2. The van der Waals surface area contributed by atoms with Crippen molar-refractivity contribution < 1.29 is 18.7 Å². The number of carbonyl (C=O) groups is 2. The fraction of sp³-hybridized carbons (Fsp3) is 0.227. The highest BCUT2D eigenvalue weighted by molar-refractivity contribution is 6.43. The Morgan fingerprint density at radius 2 is 1.97 bits per heavy atom. The summed E-state index contributed by atoms with van der Waals surface area (Å²) < 4.78 is 10.8. The third kappa shape index (κ3) is 4.19. The molecule has 0 N–H and O–H groups in total. The van der Waals surface area contributed by atoms with Crippen LogP contribution >= 0.6 is 23.2 Å². The van der Waals surface area contributed by atoms with Crippen LogP contribution in [0.2, 0.25) is 10.0 Å². The van der Waals surface area contributed by atoms with Crippen molar-refractivity contribution in [1.29, 1.82) is 5.26 Å². The summed E-state index contributed by atoms with van der Waals surface area (Å²) >= 11 is 12.3. The van der Waals surface area contributed by atoms with E-state index in [2.05, 4.69) is 0 Å². The number of benzene rings is 1. The molecule has 154 valence electrons. The maximum atomic E-state index is 13.0. The predicted octanol–water partition coefficient (Wildman–Crippen LogP) is 4.88. The number of nitrogens with zero attached hydrogens (tertiary/aromatic N) is 2. The highest BCUT2D eigenvalue weighted by Gasteiger charge is 2.35. The lowest BCUT2D eigenvalue weighted by Crippen LogP contribution is -2.43. The Morgan fingerprint density at radius 3 is 2.67 bits per heavy atom. The second-order valence-electron chi connectivity index (χ2n) is 6.58. The Balaban J connectivity index is 1.99. The van der Waals surface area contributed by atoms with Crippen molar-refractivity contribution in [3.8, 4) is 17.4 Å². The van der Waals surface area contributed by atoms with E-state index < -0.39 is 11.8 Å². The predicted molar refractivity (Wildman–Crippen MR) is 114 cm³/mol. The number of amides is 2. The molecule has 3 rings (SSSR count). The second kappa shape index (κ2) is 9.31. The number of hydrogen-bond acceptors (Lipinski definition) is 5. The van der Waals surface area contributed by atoms with Crippen LogP contribution in [0.1, 0.15) is 19.1 Å².